The molecule has 5 heteroatoms. The highest BCUT2D eigenvalue weighted by atomic mass is 32.1. The van der Waals surface area contributed by atoms with Crippen molar-refractivity contribution in [3.63, 3.8) is 0 Å². The normalized spacial score (nSPS) is 22.2. The minimum absolute atomic E-state index is 0.113. The van der Waals surface area contributed by atoms with Crippen LogP contribution in [0.2, 0.25) is 0 Å². The van der Waals surface area contributed by atoms with E-state index in [0.717, 1.165) is 36.5 Å². The fraction of sp³-hybridized carbons (Fsp3) is 0.625. The van der Waals surface area contributed by atoms with Crippen molar-refractivity contribution in [2.24, 2.45) is 17.8 Å². The molecule has 1 aliphatic carbocycles. The highest BCUT2D eigenvalue weighted by Gasteiger charge is 2.27. The van der Waals surface area contributed by atoms with Crippen LogP contribution in [0.25, 0.3) is 0 Å². The monoisotopic (exact) mass is 309 g/mol. The number of nitrogens with one attached hydrogen (secondary N) is 1. The molecule has 4 nitrogen and oxygen atoms in total. The van der Waals surface area contributed by atoms with Gasteiger partial charge in [-0.3, -0.25) is 4.79 Å². The molecule has 0 atom stereocenters. The minimum atomic E-state index is -0.912. The van der Waals surface area contributed by atoms with Crippen molar-refractivity contribution in [2.45, 2.75) is 46.1 Å². The third-order valence-corrected chi connectivity index (χ3v) is 5.47. The number of hydrogen-bond donors (Lipinski definition) is 2. The molecular formula is C16H23NO3S. The second kappa shape index (κ2) is 7.07. The molecule has 0 spiro atoms. The Balaban J connectivity index is 1.78. The lowest BCUT2D eigenvalue weighted by Crippen LogP contribution is -2.33. The molecule has 0 saturated heterocycles. The Labute approximate surface area is 129 Å². The van der Waals surface area contributed by atoms with Crippen LogP contribution in [0.5, 0.6) is 0 Å². The van der Waals surface area contributed by atoms with E-state index in [1.807, 2.05) is 0 Å². The van der Waals surface area contributed by atoms with Gasteiger partial charge in [0.1, 0.15) is 4.88 Å². The standard InChI is InChI=1S/C16H23NO3S/c1-10(2)11-3-5-12(6-4-11)15(18)17-9-13-7-8-14(21-13)16(19)20/h7-8,10-12H,3-6,9H2,1-2H3,(H,17,18)(H,19,20). The summed E-state index contributed by atoms with van der Waals surface area (Å²) in [7, 11) is 0. The van der Waals surface area contributed by atoms with Crippen molar-refractivity contribution in [1.82, 2.24) is 5.32 Å². The van der Waals surface area contributed by atoms with E-state index in [4.69, 9.17) is 5.11 Å². The summed E-state index contributed by atoms with van der Waals surface area (Å²) >= 11 is 1.22. The molecular weight excluding hydrogens is 286 g/mol. The van der Waals surface area contributed by atoms with Gasteiger partial charge in [-0.2, -0.15) is 0 Å². The van der Waals surface area contributed by atoms with E-state index in [0.29, 0.717) is 17.3 Å². The van der Waals surface area contributed by atoms with Crippen molar-refractivity contribution in [3.8, 4) is 0 Å². The minimum Gasteiger partial charge on any atom is -0.477 e. The lowest BCUT2D eigenvalue weighted by Gasteiger charge is -2.30. The van der Waals surface area contributed by atoms with Crippen LogP contribution in [0.1, 0.15) is 54.1 Å². The Morgan fingerprint density at radius 2 is 1.95 bits per heavy atom. The third-order valence-electron chi connectivity index (χ3n) is 4.39. The molecule has 2 N–H and O–H groups in total. The molecule has 0 radical (unpaired) electrons. The molecule has 21 heavy (non-hydrogen) atoms. The Morgan fingerprint density at radius 1 is 1.29 bits per heavy atom. The van der Waals surface area contributed by atoms with Gasteiger partial charge in [0.25, 0.3) is 0 Å². The molecule has 116 valence electrons. The van der Waals surface area contributed by atoms with Crippen molar-refractivity contribution in [3.05, 3.63) is 21.9 Å². The maximum Gasteiger partial charge on any atom is 0.345 e. The molecule has 1 saturated carbocycles. The molecule has 1 aliphatic rings. The summed E-state index contributed by atoms with van der Waals surface area (Å²) in [6.45, 7) is 4.94. The maximum absolute atomic E-state index is 12.2. The van der Waals surface area contributed by atoms with Crippen LogP contribution < -0.4 is 5.32 Å². The van der Waals surface area contributed by atoms with Gasteiger partial charge in [0.05, 0.1) is 6.54 Å². The zero-order valence-electron chi connectivity index (χ0n) is 12.6. The topological polar surface area (TPSA) is 66.4 Å². The molecule has 1 fully saturated rings. The fourth-order valence-electron chi connectivity index (χ4n) is 2.95. The Kier molecular flexibility index (Phi) is 5.39. The number of amides is 1. The Morgan fingerprint density at radius 3 is 2.48 bits per heavy atom. The molecule has 1 heterocycles. The van der Waals surface area contributed by atoms with E-state index in [-0.39, 0.29) is 11.8 Å². The Hall–Kier alpha value is -1.36. The molecule has 1 aromatic heterocycles. The summed E-state index contributed by atoms with van der Waals surface area (Å²) in [5.41, 5.74) is 0. The number of carbonyl (C=O) groups is 2. The van der Waals surface area contributed by atoms with Crippen LogP contribution >= 0.6 is 11.3 Å². The first-order chi connectivity index (χ1) is 9.97. The van der Waals surface area contributed by atoms with Gasteiger partial charge in [-0.1, -0.05) is 13.8 Å². The largest absolute Gasteiger partial charge is 0.477 e. The summed E-state index contributed by atoms with van der Waals surface area (Å²) in [5.74, 6) is 0.782. The van der Waals surface area contributed by atoms with Crippen LogP contribution in [0.3, 0.4) is 0 Å². The van der Waals surface area contributed by atoms with E-state index in [2.05, 4.69) is 19.2 Å². The van der Waals surface area contributed by atoms with Gasteiger partial charge >= 0.3 is 5.97 Å². The summed E-state index contributed by atoms with van der Waals surface area (Å²) in [4.78, 5) is 24.2. The molecule has 1 amide bonds. The molecule has 0 aromatic carbocycles. The van der Waals surface area contributed by atoms with Gasteiger partial charge in [-0.05, 0) is 49.7 Å². The summed E-state index contributed by atoms with van der Waals surface area (Å²) < 4.78 is 0. The highest BCUT2D eigenvalue weighted by Crippen LogP contribution is 2.33. The van der Waals surface area contributed by atoms with E-state index < -0.39 is 5.97 Å². The first-order valence-electron chi connectivity index (χ1n) is 7.57. The zero-order chi connectivity index (χ0) is 15.4. The van der Waals surface area contributed by atoms with Gasteiger partial charge in [0.15, 0.2) is 0 Å². The van der Waals surface area contributed by atoms with Crippen LogP contribution in [-0.2, 0) is 11.3 Å². The third kappa shape index (κ3) is 4.30. The number of rotatable bonds is 5. The van der Waals surface area contributed by atoms with Gasteiger partial charge in [-0.15, -0.1) is 11.3 Å². The molecule has 2 rings (SSSR count). The van der Waals surface area contributed by atoms with Crippen LogP contribution in [-0.4, -0.2) is 17.0 Å². The SMILES string of the molecule is CC(C)C1CCC(C(=O)NCc2ccc(C(=O)O)s2)CC1. The van der Waals surface area contributed by atoms with Crippen molar-refractivity contribution >= 4 is 23.2 Å². The quantitative estimate of drug-likeness (QED) is 0.874. The number of carbonyl (C=O) groups excluding carboxylic acids is 1. The average molecular weight is 309 g/mol. The van der Waals surface area contributed by atoms with Crippen molar-refractivity contribution in [1.29, 1.82) is 0 Å². The number of carboxylic acids is 1. The maximum atomic E-state index is 12.2. The number of aromatic carboxylic acids is 1. The Bertz CT molecular complexity index is 501. The predicted octanol–water partition coefficient (Wildman–Crippen LogP) is 3.52. The van der Waals surface area contributed by atoms with E-state index in [9.17, 15) is 9.59 Å². The zero-order valence-corrected chi connectivity index (χ0v) is 13.4. The molecule has 0 unspecified atom stereocenters. The lowest BCUT2D eigenvalue weighted by atomic mass is 9.77. The number of thiophene rings is 1. The number of hydrogen-bond acceptors (Lipinski definition) is 3. The smallest absolute Gasteiger partial charge is 0.345 e. The molecule has 0 aliphatic heterocycles. The summed E-state index contributed by atoms with van der Waals surface area (Å²) in [5, 5.41) is 11.8. The van der Waals surface area contributed by atoms with Crippen LogP contribution in [0.4, 0.5) is 0 Å². The average Bonchev–Trinajstić information content (AvgIpc) is 2.94. The number of carboxylic acid groups (broad SMARTS) is 1. The lowest BCUT2D eigenvalue weighted by molar-refractivity contribution is -0.126. The summed E-state index contributed by atoms with van der Waals surface area (Å²) in [6, 6.07) is 3.35. The van der Waals surface area contributed by atoms with Gasteiger partial charge in [0.2, 0.25) is 5.91 Å². The second-order valence-electron chi connectivity index (χ2n) is 6.14. The molecule has 0 bridgehead atoms. The first kappa shape index (κ1) is 16.0. The van der Waals surface area contributed by atoms with E-state index >= 15 is 0 Å². The highest BCUT2D eigenvalue weighted by molar-refractivity contribution is 7.13. The van der Waals surface area contributed by atoms with E-state index in [1.54, 1.807) is 12.1 Å². The second-order valence-corrected chi connectivity index (χ2v) is 7.31. The van der Waals surface area contributed by atoms with Crippen molar-refractivity contribution in [2.75, 3.05) is 0 Å². The van der Waals surface area contributed by atoms with Crippen LogP contribution in [0, 0.1) is 17.8 Å². The van der Waals surface area contributed by atoms with Gasteiger partial charge in [0, 0.05) is 10.8 Å². The first-order valence-corrected chi connectivity index (χ1v) is 8.38. The van der Waals surface area contributed by atoms with Gasteiger partial charge in [-0.25, -0.2) is 4.79 Å². The van der Waals surface area contributed by atoms with E-state index in [1.165, 1.54) is 11.3 Å². The molecule has 1 aromatic rings. The summed E-state index contributed by atoms with van der Waals surface area (Å²) in [6.07, 6.45) is 4.22. The fourth-order valence-corrected chi connectivity index (χ4v) is 3.74. The predicted molar refractivity (Wildman–Crippen MR) is 83.4 cm³/mol. The van der Waals surface area contributed by atoms with Gasteiger partial charge < -0.3 is 10.4 Å². The van der Waals surface area contributed by atoms with Crippen molar-refractivity contribution < 1.29 is 14.7 Å². The van der Waals surface area contributed by atoms with Crippen LogP contribution in [0.15, 0.2) is 12.1 Å².